The maximum Gasteiger partial charge on any atom is 0.287 e. The van der Waals surface area contributed by atoms with E-state index in [1.165, 1.54) is 10.2 Å². The third-order valence-corrected chi connectivity index (χ3v) is 4.51. The predicted molar refractivity (Wildman–Crippen MR) is 91.0 cm³/mol. The lowest BCUT2D eigenvalue weighted by Gasteiger charge is -2.33. The number of rotatable bonds is 3. The van der Waals surface area contributed by atoms with E-state index in [-0.39, 0.29) is 22.7 Å². The van der Waals surface area contributed by atoms with Crippen LogP contribution in [0.25, 0.3) is 0 Å². The second kappa shape index (κ2) is 6.72. The van der Waals surface area contributed by atoms with Gasteiger partial charge < -0.3 is 10.1 Å². The number of nitrogens with one attached hydrogen (secondary N) is 1. The SMILES string of the molecule is Cc1ccc([C@@H]2OCCC[C@H]2Nc2cnn(C)c(=O)c2Cl)cc1. The number of benzene rings is 1. The molecule has 23 heavy (non-hydrogen) atoms. The molecular weight excluding hydrogens is 314 g/mol. The number of aromatic nitrogens is 2. The molecule has 5 nitrogen and oxygen atoms in total. The molecule has 0 amide bonds. The fourth-order valence-corrected chi connectivity index (χ4v) is 3.05. The van der Waals surface area contributed by atoms with E-state index in [2.05, 4.69) is 41.6 Å². The molecule has 1 saturated heterocycles. The van der Waals surface area contributed by atoms with Crippen molar-refractivity contribution in [3.8, 4) is 0 Å². The van der Waals surface area contributed by atoms with E-state index in [0.29, 0.717) is 5.69 Å². The Morgan fingerprint density at radius 3 is 2.83 bits per heavy atom. The topological polar surface area (TPSA) is 56.1 Å². The Labute approximate surface area is 140 Å². The minimum absolute atomic E-state index is 0.0536. The summed E-state index contributed by atoms with van der Waals surface area (Å²) in [4.78, 5) is 11.9. The molecule has 1 aromatic carbocycles. The van der Waals surface area contributed by atoms with E-state index >= 15 is 0 Å². The molecule has 2 aromatic rings. The van der Waals surface area contributed by atoms with Gasteiger partial charge in [0.05, 0.1) is 17.9 Å². The van der Waals surface area contributed by atoms with Crippen LogP contribution in [0.5, 0.6) is 0 Å². The molecule has 0 saturated carbocycles. The van der Waals surface area contributed by atoms with Crippen LogP contribution in [0.2, 0.25) is 5.02 Å². The summed E-state index contributed by atoms with van der Waals surface area (Å²) in [6, 6.07) is 8.39. The Hall–Kier alpha value is -1.85. The average molecular weight is 334 g/mol. The summed E-state index contributed by atoms with van der Waals surface area (Å²) in [5, 5.41) is 7.54. The van der Waals surface area contributed by atoms with Crippen LogP contribution in [0.15, 0.2) is 35.3 Å². The zero-order chi connectivity index (χ0) is 16.4. The van der Waals surface area contributed by atoms with Crippen molar-refractivity contribution in [2.45, 2.75) is 31.9 Å². The number of hydrogen-bond acceptors (Lipinski definition) is 4. The first-order chi connectivity index (χ1) is 11.1. The fourth-order valence-electron chi connectivity index (χ4n) is 2.82. The minimum atomic E-state index is -0.305. The Balaban J connectivity index is 1.86. The van der Waals surface area contributed by atoms with Gasteiger partial charge in [-0.2, -0.15) is 5.10 Å². The lowest BCUT2D eigenvalue weighted by atomic mass is 9.95. The molecular formula is C17H20ClN3O2. The highest BCUT2D eigenvalue weighted by Gasteiger charge is 2.28. The lowest BCUT2D eigenvalue weighted by Crippen LogP contribution is -2.34. The lowest BCUT2D eigenvalue weighted by molar-refractivity contribution is 0.00564. The zero-order valence-corrected chi connectivity index (χ0v) is 14.0. The molecule has 2 heterocycles. The highest BCUT2D eigenvalue weighted by Crippen LogP contribution is 2.31. The van der Waals surface area contributed by atoms with Gasteiger partial charge in [0, 0.05) is 13.7 Å². The van der Waals surface area contributed by atoms with Gasteiger partial charge in [-0.05, 0) is 25.3 Å². The molecule has 0 aliphatic carbocycles. The second-order valence-corrected chi connectivity index (χ2v) is 6.27. The van der Waals surface area contributed by atoms with Gasteiger partial charge in [0.2, 0.25) is 0 Å². The van der Waals surface area contributed by atoms with Crippen LogP contribution >= 0.6 is 11.6 Å². The van der Waals surface area contributed by atoms with Gasteiger partial charge in [-0.15, -0.1) is 0 Å². The number of anilines is 1. The smallest absolute Gasteiger partial charge is 0.287 e. The summed E-state index contributed by atoms with van der Waals surface area (Å²) in [5.74, 6) is 0. The van der Waals surface area contributed by atoms with E-state index in [0.717, 1.165) is 25.0 Å². The van der Waals surface area contributed by atoms with E-state index in [9.17, 15) is 4.79 Å². The molecule has 1 N–H and O–H groups in total. The van der Waals surface area contributed by atoms with Gasteiger partial charge >= 0.3 is 0 Å². The van der Waals surface area contributed by atoms with Gasteiger partial charge in [-0.3, -0.25) is 4.79 Å². The molecule has 1 aliphatic heterocycles. The maximum absolute atomic E-state index is 11.9. The number of hydrogen-bond donors (Lipinski definition) is 1. The first-order valence-corrected chi connectivity index (χ1v) is 8.10. The Bertz CT molecular complexity index is 742. The van der Waals surface area contributed by atoms with Gasteiger partial charge in [-0.1, -0.05) is 41.4 Å². The molecule has 3 rings (SSSR count). The monoisotopic (exact) mass is 333 g/mol. The van der Waals surface area contributed by atoms with Crippen molar-refractivity contribution in [2.24, 2.45) is 7.05 Å². The normalized spacial score (nSPS) is 21.2. The van der Waals surface area contributed by atoms with E-state index < -0.39 is 0 Å². The molecule has 0 spiro atoms. The van der Waals surface area contributed by atoms with Crippen molar-refractivity contribution in [3.63, 3.8) is 0 Å². The van der Waals surface area contributed by atoms with Crippen LogP contribution in [-0.2, 0) is 11.8 Å². The quantitative estimate of drug-likeness (QED) is 0.937. The van der Waals surface area contributed by atoms with Gasteiger partial charge in [-0.25, -0.2) is 4.68 Å². The Morgan fingerprint density at radius 2 is 2.09 bits per heavy atom. The van der Waals surface area contributed by atoms with Crippen molar-refractivity contribution in [1.29, 1.82) is 0 Å². The third-order valence-electron chi connectivity index (χ3n) is 4.15. The van der Waals surface area contributed by atoms with Gasteiger partial charge in [0.15, 0.2) is 0 Å². The largest absolute Gasteiger partial charge is 0.377 e. The zero-order valence-electron chi connectivity index (χ0n) is 13.3. The summed E-state index contributed by atoms with van der Waals surface area (Å²) in [7, 11) is 1.58. The summed E-state index contributed by atoms with van der Waals surface area (Å²) in [5.41, 5.74) is 2.59. The van der Waals surface area contributed by atoms with Crippen LogP contribution in [0.4, 0.5) is 5.69 Å². The summed E-state index contributed by atoms with van der Waals surface area (Å²) in [6.45, 7) is 2.80. The molecule has 0 radical (unpaired) electrons. The van der Waals surface area contributed by atoms with Crippen LogP contribution in [0.1, 0.15) is 30.1 Å². The number of nitrogens with zero attached hydrogens (tertiary/aromatic N) is 2. The minimum Gasteiger partial charge on any atom is -0.377 e. The fraction of sp³-hybridized carbons (Fsp3) is 0.412. The Morgan fingerprint density at radius 1 is 1.35 bits per heavy atom. The third kappa shape index (κ3) is 3.41. The summed E-state index contributed by atoms with van der Waals surface area (Å²) in [6.07, 6.45) is 3.44. The highest BCUT2D eigenvalue weighted by molar-refractivity contribution is 6.32. The average Bonchev–Trinajstić information content (AvgIpc) is 2.57. The molecule has 2 atom stereocenters. The maximum atomic E-state index is 11.9. The summed E-state index contributed by atoms with van der Waals surface area (Å²) < 4.78 is 7.20. The van der Waals surface area contributed by atoms with Crippen molar-refractivity contribution < 1.29 is 4.74 Å². The standard InChI is InChI=1S/C17H20ClN3O2/c1-11-5-7-12(8-6-11)16-13(4-3-9-23-16)20-14-10-19-21(2)17(22)15(14)18/h5-8,10,13,16,20H,3-4,9H2,1-2H3/t13-,16+/m1/s1. The molecule has 1 aliphatic rings. The number of halogens is 1. The molecule has 1 aromatic heterocycles. The van der Waals surface area contributed by atoms with Crippen LogP contribution in [0.3, 0.4) is 0 Å². The molecule has 0 bridgehead atoms. The van der Waals surface area contributed by atoms with Crippen molar-refractivity contribution in [2.75, 3.05) is 11.9 Å². The van der Waals surface area contributed by atoms with Crippen LogP contribution < -0.4 is 10.9 Å². The molecule has 6 heteroatoms. The first kappa shape index (κ1) is 16.0. The second-order valence-electron chi connectivity index (χ2n) is 5.90. The van der Waals surface area contributed by atoms with Gasteiger partial charge in [0.25, 0.3) is 5.56 Å². The van der Waals surface area contributed by atoms with E-state index in [4.69, 9.17) is 16.3 Å². The highest BCUT2D eigenvalue weighted by atomic mass is 35.5. The first-order valence-electron chi connectivity index (χ1n) is 7.73. The molecule has 122 valence electrons. The van der Waals surface area contributed by atoms with Gasteiger partial charge in [0.1, 0.15) is 11.1 Å². The van der Waals surface area contributed by atoms with Crippen molar-refractivity contribution in [1.82, 2.24) is 9.78 Å². The van der Waals surface area contributed by atoms with E-state index in [1.54, 1.807) is 13.2 Å². The molecule has 0 unspecified atom stereocenters. The van der Waals surface area contributed by atoms with Crippen LogP contribution in [0, 0.1) is 6.92 Å². The van der Waals surface area contributed by atoms with E-state index in [1.807, 2.05) is 0 Å². The van der Waals surface area contributed by atoms with Crippen molar-refractivity contribution in [3.05, 3.63) is 57.0 Å². The Kier molecular flexibility index (Phi) is 4.68. The predicted octanol–water partition coefficient (Wildman–Crippen LogP) is 3.07. The number of aryl methyl sites for hydroxylation is 2. The van der Waals surface area contributed by atoms with Crippen LogP contribution in [-0.4, -0.2) is 22.4 Å². The number of ether oxygens (including phenoxy) is 1. The molecule has 1 fully saturated rings. The summed E-state index contributed by atoms with van der Waals surface area (Å²) >= 11 is 6.16. The van der Waals surface area contributed by atoms with Crippen molar-refractivity contribution >= 4 is 17.3 Å².